The third-order valence-electron chi connectivity index (χ3n) is 4.99. The highest BCUT2D eigenvalue weighted by Gasteiger charge is 2.31. The topological polar surface area (TPSA) is 20.2 Å². The van der Waals surface area contributed by atoms with Crippen LogP contribution in [0.5, 0.6) is 0 Å². The Balaban J connectivity index is 0.00000146. The Morgan fingerprint density at radius 3 is 2.46 bits per heavy atom. The molecule has 0 spiro atoms. The van der Waals surface area contributed by atoms with Gasteiger partial charge < -0.3 is 5.11 Å². The van der Waals surface area contributed by atoms with Gasteiger partial charge in [0.2, 0.25) is 0 Å². The molecule has 1 fully saturated rings. The summed E-state index contributed by atoms with van der Waals surface area (Å²) in [6, 6.07) is 0. The van der Waals surface area contributed by atoms with Gasteiger partial charge in [-0.1, -0.05) is 79.0 Å². The van der Waals surface area contributed by atoms with Gasteiger partial charge in [0.1, 0.15) is 0 Å². The van der Waals surface area contributed by atoms with Crippen molar-refractivity contribution in [2.45, 2.75) is 112 Å². The summed E-state index contributed by atoms with van der Waals surface area (Å²) in [7, 11) is 0.945. The van der Waals surface area contributed by atoms with Crippen LogP contribution in [-0.2, 0) is 0 Å². The predicted molar refractivity (Wildman–Crippen MR) is 123 cm³/mol. The molecular weight excluding hydrogens is 335 g/mol. The van der Waals surface area contributed by atoms with Gasteiger partial charge in [0.15, 0.2) is 0 Å². The van der Waals surface area contributed by atoms with Crippen molar-refractivity contribution in [3.05, 3.63) is 34.7 Å². The van der Waals surface area contributed by atoms with Crippen LogP contribution in [0.25, 0.3) is 0 Å². The third-order valence-corrected chi connectivity index (χ3v) is 6.82. The zero-order valence-electron chi connectivity index (χ0n) is 18.6. The lowest BCUT2D eigenvalue weighted by atomic mass is 9.92. The smallest absolute Gasteiger partial charge is 0.0643 e. The first kappa shape index (κ1) is 25.6. The van der Waals surface area contributed by atoms with E-state index in [1.54, 1.807) is 5.31 Å². The van der Waals surface area contributed by atoms with Gasteiger partial charge in [0.05, 0.1) is 6.10 Å². The highest BCUT2D eigenvalue weighted by Crippen LogP contribution is 2.49. The van der Waals surface area contributed by atoms with Crippen LogP contribution < -0.4 is 0 Å². The standard InChI is InChI=1S/C20H33OP.2C2H6/c1-4-16-10-13-19(21)18-12-11-17(22-20(18)14-16)9-7-5-6-8-15(2)3;2*1-2/h8,10,14,17-19,21-22H,4-7,9,11-13H2,1-3H3;2*1-2H3. The Kier molecular flexibility index (Phi) is 15.4. The molecule has 2 aliphatic rings. The quantitative estimate of drug-likeness (QED) is 0.281. The first-order chi connectivity index (χ1) is 12.6. The second-order valence-corrected chi connectivity index (χ2v) is 8.81. The number of aliphatic hydroxyl groups is 1. The van der Waals surface area contributed by atoms with Crippen molar-refractivity contribution in [1.82, 2.24) is 0 Å². The van der Waals surface area contributed by atoms with Crippen molar-refractivity contribution < 1.29 is 5.11 Å². The minimum absolute atomic E-state index is 0.138. The Labute approximate surface area is 166 Å². The molecule has 0 saturated carbocycles. The zero-order chi connectivity index (χ0) is 19.9. The average Bonchev–Trinajstić information content (AvgIpc) is 2.83. The molecule has 1 saturated heterocycles. The first-order valence-corrected chi connectivity index (χ1v) is 12.2. The normalized spacial score (nSPS) is 25.3. The summed E-state index contributed by atoms with van der Waals surface area (Å²) in [5, 5.41) is 12.0. The maximum absolute atomic E-state index is 10.4. The largest absolute Gasteiger partial charge is 0.392 e. The van der Waals surface area contributed by atoms with Crippen molar-refractivity contribution in [3.63, 3.8) is 0 Å². The molecule has 4 unspecified atom stereocenters. The number of rotatable bonds is 6. The van der Waals surface area contributed by atoms with Gasteiger partial charge in [-0.15, -0.1) is 0 Å². The third kappa shape index (κ3) is 9.52. The van der Waals surface area contributed by atoms with E-state index < -0.39 is 0 Å². The second kappa shape index (κ2) is 15.6. The molecule has 26 heavy (non-hydrogen) atoms. The molecule has 152 valence electrons. The summed E-state index contributed by atoms with van der Waals surface area (Å²) < 4.78 is 0. The van der Waals surface area contributed by atoms with Gasteiger partial charge in [-0.25, -0.2) is 0 Å². The lowest BCUT2D eigenvalue weighted by Gasteiger charge is -2.33. The fourth-order valence-electron chi connectivity index (χ4n) is 3.58. The van der Waals surface area contributed by atoms with Crippen LogP contribution in [0.3, 0.4) is 0 Å². The van der Waals surface area contributed by atoms with Crippen molar-refractivity contribution in [2.24, 2.45) is 5.92 Å². The average molecular weight is 381 g/mol. The van der Waals surface area contributed by atoms with E-state index in [9.17, 15) is 5.11 Å². The van der Waals surface area contributed by atoms with Crippen LogP contribution in [0.1, 0.15) is 99.8 Å². The number of unbranched alkanes of at least 4 members (excludes halogenated alkanes) is 2. The Morgan fingerprint density at radius 1 is 1.15 bits per heavy atom. The van der Waals surface area contributed by atoms with E-state index in [0.717, 1.165) is 27.1 Å². The lowest BCUT2D eigenvalue weighted by molar-refractivity contribution is 0.124. The molecule has 0 aromatic rings. The molecule has 0 amide bonds. The number of fused-ring (bicyclic) bond motifs is 1. The van der Waals surface area contributed by atoms with E-state index in [4.69, 9.17) is 0 Å². The van der Waals surface area contributed by atoms with Crippen molar-refractivity contribution in [2.75, 3.05) is 0 Å². The van der Waals surface area contributed by atoms with Crippen LogP contribution >= 0.6 is 8.58 Å². The van der Waals surface area contributed by atoms with Gasteiger partial charge in [-0.3, -0.25) is 0 Å². The monoisotopic (exact) mass is 380 g/mol. The molecule has 0 aromatic carbocycles. The van der Waals surface area contributed by atoms with Crippen molar-refractivity contribution in [3.8, 4) is 0 Å². The SMILES string of the molecule is CC.CC.CCC1=CCC(O)C2CCC(CCCCC=C(C)C)PC2=C1. The van der Waals surface area contributed by atoms with Crippen LogP contribution in [0.2, 0.25) is 0 Å². The van der Waals surface area contributed by atoms with Crippen molar-refractivity contribution >= 4 is 8.58 Å². The summed E-state index contributed by atoms with van der Waals surface area (Å²) in [5.74, 6) is 0.445. The Morgan fingerprint density at radius 2 is 1.85 bits per heavy atom. The first-order valence-electron chi connectivity index (χ1n) is 11.1. The zero-order valence-corrected chi connectivity index (χ0v) is 19.6. The van der Waals surface area contributed by atoms with Gasteiger partial charge >= 0.3 is 0 Å². The summed E-state index contributed by atoms with van der Waals surface area (Å²) in [6.07, 6.45) is 16.7. The van der Waals surface area contributed by atoms with E-state index in [1.165, 1.54) is 49.7 Å². The molecular formula is C24H45OP. The molecule has 1 nitrogen and oxygen atoms in total. The molecule has 1 heterocycles. The fourth-order valence-corrected chi connectivity index (χ4v) is 5.53. The van der Waals surface area contributed by atoms with Gasteiger partial charge in [-0.2, -0.15) is 0 Å². The lowest BCUT2D eigenvalue weighted by Crippen LogP contribution is -2.25. The van der Waals surface area contributed by atoms with E-state index >= 15 is 0 Å². The van der Waals surface area contributed by atoms with Gasteiger partial charge in [0.25, 0.3) is 0 Å². The van der Waals surface area contributed by atoms with Crippen LogP contribution in [0.4, 0.5) is 0 Å². The second-order valence-electron chi connectivity index (χ2n) is 7.13. The maximum atomic E-state index is 10.4. The Hall–Kier alpha value is -0.390. The summed E-state index contributed by atoms with van der Waals surface area (Å²) in [6.45, 7) is 14.6. The highest BCUT2D eigenvalue weighted by atomic mass is 31.1. The van der Waals surface area contributed by atoms with E-state index in [0.29, 0.717) is 5.92 Å². The van der Waals surface area contributed by atoms with Crippen molar-refractivity contribution in [1.29, 1.82) is 0 Å². The van der Waals surface area contributed by atoms with Crippen LogP contribution in [-0.4, -0.2) is 16.9 Å². The highest BCUT2D eigenvalue weighted by molar-refractivity contribution is 7.44. The molecule has 1 aliphatic carbocycles. The molecule has 2 rings (SSSR count). The maximum Gasteiger partial charge on any atom is 0.0643 e. The Bertz CT molecular complexity index is 443. The molecule has 0 bridgehead atoms. The van der Waals surface area contributed by atoms with Gasteiger partial charge in [-0.05, 0) is 69.8 Å². The number of hydrogen-bond donors (Lipinski definition) is 1. The summed E-state index contributed by atoms with van der Waals surface area (Å²) >= 11 is 0. The van der Waals surface area contributed by atoms with E-state index in [2.05, 4.69) is 39.0 Å². The minimum atomic E-state index is -0.138. The molecule has 0 aromatic heterocycles. The van der Waals surface area contributed by atoms with Gasteiger partial charge in [0, 0.05) is 5.92 Å². The molecule has 2 heteroatoms. The molecule has 4 atom stereocenters. The van der Waals surface area contributed by atoms with E-state index in [-0.39, 0.29) is 6.10 Å². The molecule has 1 aliphatic heterocycles. The van der Waals surface area contributed by atoms with Crippen LogP contribution in [0, 0.1) is 5.92 Å². The number of hydrogen-bond acceptors (Lipinski definition) is 1. The minimum Gasteiger partial charge on any atom is -0.392 e. The fraction of sp³-hybridized carbons (Fsp3) is 0.750. The van der Waals surface area contributed by atoms with Crippen LogP contribution in [0.15, 0.2) is 34.7 Å². The molecule has 1 N–H and O–H groups in total. The number of aliphatic hydroxyl groups excluding tert-OH is 1. The predicted octanol–water partition coefficient (Wildman–Crippen LogP) is 8.01. The number of allylic oxidation sites excluding steroid dienone is 4. The molecule has 0 radical (unpaired) electrons. The summed E-state index contributed by atoms with van der Waals surface area (Å²) in [5.41, 5.74) is 3.75. The van der Waals surface area contributed by atoms with E-state index in [1.807, 2.05) is 27.7 Å². The summed E-state index contributed by atoms with van der Waals surface area (Å²) in [4.78, 5) is 0.